The van der Waals surface area contributed by atoms with Gasteiger partial charge >= 0.3 is 0 Å². The molecule has 2 heterocycles. The van der Waals surface area contributed by atoms with Crippen LogP contribution in [0.4, 0.5) is 0 Å². The van der Waals surface area contributed by atoms with E-state index >= 15 is 0 Å². The zero-order valence-electron chi connectivity index (χ0n) is 24.0. The van der Waals surface area contributed by atoms with Crippen molar-refractivity contribution < 1.29 is 9.68 Å². The Morgan fingerprint density at radius 3 is 1.55 bits per heavy atom. The van der Waals surface area contributed by atoms with Gasteiger partial charge in [-0.2, -0.15) is 0 Å². The minimum atomic E-state index is -0.379. The van der Waals surface area contributed by atoms with Crippen molar-refractivity contribution in [2.45, 2.75) is 59.7 Å². The molecule has 0 aromatic heterocycles. The van der Waals surface area contributed by atoms with Crippen molar-refractivity contribution in [1.29, 1.82) is 0 Å². The van der Waals surface area contributed by atoms with Crippen molar-refractivity contribution in [3.05, 3.63) is 112 Å². The van der Waals surface area contributed by atoms with Crippen LogP contribution in [0.2, 0.25) is 20.1 Å². The van der Waals surface area contributed by atoms with E-state index in [1.54, 1.807) is 0 Å². The van der Waals surface area contributed by atoms with Crippen LogP contribution in [0, 0.1) is 47.5 Å². The molecule has 42 heavy (non-hydrogen) atoms. The second-order valence-corrected chi connectivity index (χ2v) is 13.1. The average Bonchev–Trinajstić information content (AvgIpc) is 3.62. The van der Waals surface area contributed by atoms with Crippen LogP contribution in [0.1, 0.15) is 67.7 Å². The minimum absolute atomic E-state index is 0.206. The summed E-state index contributed by atoms with van der Waals surface area (Å²) in [6.45, 7) is 11.9. The third kappa shape index (κ3) is 3.75. The van der Waals surface area contributed by atoms with E-state index in [9.17, 15) is 0 Å². The van der Waals surface area contributed by atoms with Crippen LogP contribution in [0.3, 0.4) is 0 Å². The lowest BCUT2D eigenvalue weighted by atomic mass is 9.67. The highest BCUT2D eigenvalue weighted by Gasteiger charge is 2.56. The first-order chi connectivity index (χ1) is 20.0. The molecule has 3 aliphatic rings. The number of nitrogens with zero attached hydrogens (tertiary/aromatic N) is 2. The van der Waals surface area contributed by atoms with E-state index in [1.807, 2.05) is 47.6 Å². The molecule has 0 bridgehead atoms. The van der Waals surface area contributed by atoms with Crippen molar-refractivity contribution in [2.75, 3.05) is 0 Å². The molecule has 8 heteroatoms. The molecule has 0 unspecified atom stereocenters. The molecule has 0 spiro atoms. The van der Waals surface area contributed by atoms with Crippen molar-refractivity contribution in [3.8, 4) is 0 Å². The van der Waals surface area contributed by atoms with Crippen LogP contribution >= 0.6 is 46.4 Å². The van der Waals surface area contributed by atoms with Crippen LogP contribution < -0.4 is 0 Å². The molecule has 0 amide bonds. The summed E-state index contributed by atoms with van der Waals surface area (Å²) in [6, 6.07) is 12.8. The Hall–Kier alpha value is -2.76. The van der Waals surface area contributed by atoms with Crippen LogP contribution in [-0.4, -0.2) is 17.5 Å². The Morgan fingerprint density at radius 1 is 0.571 bits per heavy atom. The van der Waals surface area contributed by atoms with Crippen LogP contribution in [0.5, 0.6) is 0 Å². The zero-order chi connectivity index (χ0) is 29.8. The standard InChI is InChI=1S/C34H28Cl4N2O2/c1-13-23(14(2)28(36)17(5)27(13)35)31-25-21-11-19-9-7-8-10-20(19)12-22(21)33-26(34(25)42-39-31)32(40-41-33)24-15(3)29(37)18(6)30(38)16(24)4/h7-12,25-26,33-34H,1-6H3/t25-,26+,33+,34+/m0/s1. The highest BCUT2D eigenvalue weighted by molar-refractivity contribution is 6.39. The normalized spacial score (nSPS) is 22.2. The first-order valence-corrected chi connectivity index (χ1v) is 15.4. The average molecular weight is 638 g/mol. The maximum Gasteiger partial charge on any atom is 0.165 e. The van der Waals surface area contributed by atoms with Crippen molar-refractivity contribution in [1.82, 2.24) is 0 Å². The van der Waals surface area contributed by atoms with E-state index in [4.69, 9.17) is 66.4 Å². The molecule has 7 rings (SSSR count). The third-order valence-electron chi connectivity index (χ3n) is 9.40. The summed E-state index contributed by atoms with van der Waals surface area (Å²) in [5.41, 5.74) is 11.0. The molecule has 4 atom stereocenters. The fourth-order valence-electron chi connectivity index (χ4n) is 7.24. The number of oxime groups is 2. The molecule has 4 aromatic carbocycles. The summed E-state index contributed by atoms with van der Waals surface area (Å²) < 4.78 is 0. The van der Waals surface area contributed by atoms with Gasteiger partial charge in [-0.05, 0) is 103 Å². The molecule has 2 aliphatic heterocycles. The SMILES string of the molecule is Cc1c(Cl)c(C)c(C2=NO[C@@H]3c4cc5ccccc5cc4[C@H]4C(c5c(C)c(Cl)c(C)c(Cl)c5C)=NO[C@H]4[C@H]23)c(C)c1Cl. The maximum atomic E-state index is 6.82. The molecule has 0 saturated heterocycles. The molecule has 4 nitrogen and oxygen atoms in total. The van der Waals surface area contributed by atoms with Gasteiger partial charge in [0.15, 0.2) is 12.2 Å². The van der Waals surface area contributed by atoms with Gasteiger partial charge in [0.05, 0.1) is 23.3 Å². The van der Waals surface area contributed by atoms with Gasteiger partial charge in [-0.3, -0.25) is 0 Å². The fraction of sp³-hybridized carbons (Fsp3) is 0.294. The van der Waals surface area contributed by atoms with Crippen molar-refractivity contribution in [3.63, 3.8) is 0 Å². The lowest BCUT2D eigenvalue weighted by Crippen LogP contribution is -2.41. The largest absolute Gasteiger partial charge is 0.390 e. The zero-order valence-corrected chi connectivity index (χ0v) is 27.0. The Bertz CT molecular complexity index is 1870. The number of hydrogen-bond acceptors (Lipinski definition) is 4. The number of benzene rings is 4. The number of halogens is 4. The third-order valence-corrected chi connectivity index (χ3v) is 11.7. The lowest BCUT2D eigenvalue weighted by Gasteiger charge is -2.36. The molecule has 1 aliphatic carbocycles. The smallest absolute Gasteiger partial charge is 0.165 e. The minimum Gasteiger partial charge on any atom is -0.390 e. The van der Waals surface area contributed by atoms with E-state index in [2.05, 4.69) is 30.3 Å². The molecule has 0 fully saturated rings. The van der Waals surface area contributed by atoms with E-state index in [0.717, 1.165) is 77.8 Å². The second-order valence-electron chi connectivity index (χ2n) is 11.6. The first-order valence-electron chi connectivity index (χ1n) is 13.9. The lowest BCUT2D eigenvalue weighted by molar-refractivity contribution is -0.0218. The van der Waals surface area contributed by atoms with Gasteiger partial charge in [0, 0.05) is 36.8 Å². The van der Waals surface area contributed by atoms with Crippen LogP contribution in [-0.2, 0) is 9.68 Å². The van der Waals surface area contributed by atoms with Gasteiger partial charge in [0.1, 0.15) is 0 Å². The fourth-order valence-corrected chi connectivity index (χ4v) is 8.09. The van der Waals surface area contributed by atoms with E-state index < -0.39 is 0 Å². The molecule has 214 valence electrons. The summed E-state index contributed by atoms with van der Waals surface area (Å²) in [5, 5.41) is 14.3. The van der Waals surface area contributed by atoms with E-state index in [0.29, 0.717) is 20.1 Å². The Balaban J connectivity index is 1.47. The summed E-state index contributed by atoms with van der Waals surface area (Å²) in [6.07, 6.45) is -0.740. The molecule has 0 saturated carbocycles. The molecular weight excluding hydrogens is 610 g/mol. The van der Waals surface area contributed by atoms with E-state index in [-0.39, 0.29) is 24.0 Å². The van der Waals surface area contributed by atoms with E-state index in [1.165, 1.54) is 0 Å². The van der Waals surface area contributed by atoms with Crippen LogP contribution in [0.15, 0.2) is 46.7 Å². The molecular formula is C34H28Cl4N2O2. The highest BCUT2D eigenvalue weighted by atomic mass is 35.5. The molecule has 4 aromatic rings. The number of fused-ring (bicyclic) bond motifs is 7. The van der Waals surface area contributed by atoms with Gasteiger partial charge in [-0.15, -0.1) is 0 Å². The first kappa shape index (κ1) is 28.0. The van der Waals surface area contributed by atoms with Crippen molar-refractivity contribution >= 4 is 68.6 Å². The molecule has 0 radical (unpaired) electrons. The monoisotopic (exact) mass is 636 g/mol. The van der Waals surface area contributed by atoms with Crippen molar-refractivity contribution in [2.24, 2.45) is 16.2 Å². The van der Waals surface area contributed by atoms with Gasteiger partial charge < -0.3 is 9.68 Å². The maximum absolute atomic E-state index is 6.82. The number of rotatable bonds is 2. The topological polar surface area (TPSA) is 43.2 Å². The highest BCUT2D eigenvalue weighted by Crippen LogP contribution is 2.54. The Labute approximate surface area is 265 Å². The summed E-state index contributed by atoms with van der Waals surface area (Å²) >= 11 is 27.2. The predicted octanol–water partition coefficient (Wildman–Crippen LogP) is 10.3. The van der Waals surface area contributed by atoms with Gasteiger partial charge in [-0.1, -0.05) is 81.0 Å². The van der Waals surface area contributed by atoms with Crippen LogP contribution in [0.25, 0.3) is 10.8 Å². The summed E-state index contributed by atoms with van der Waals surface area (Å²) in [4.78, 5) is 12.7. The van der Waals surface area contributed by atoms with Gasteiger partial charge in [-0.25, -0.2) is 0 Å². The summed E-state index contributed by atoms with van der Waals surface area (Å²) in [7, 11) is 0. The Morgan fingerprint density at radius 2 is 1.02 bits per heavy atom. The predicted molar refractivity (Wildman–Crippen MR) is 173 cm³/mol. The number of hydrogen-bond donors (Lipinski definition) is 0. The van der Waals surface area contributed by atoms with Gasteiger partial charge in [0.25, 0.3) is 0 Å². The summed E-state index contributed by atoms with van der Waals surface area (Å²) in [5.74, 6) is -0.462. The Kier molecular flexibility index (Phi) is 6.60. The second kappa shape index (κ2) is 9.89. The van der Waals surface area contributed by atoms with Gasteiger partial charge in [0.2, 0.25) is 0 Å². The molecule has 0 N–H and O–H groups in total. The quantitative estimate of drug-likeness (QED) is 0.219.